The van der Waals surface area contributed by atoms with Gasteiger partial charge >= 0.3 is 0 Å². The van der Waals surface area contributed by atoms with Crippen LogP contribution >= 0.6 is 0 Å². The van der Waals surface area contributed by atoms with Crippen LogP contribution in [0.1, 0.15) is 13.2 Å². The number of nitrogens with zero attached hydrogens (tertiary/aromatic N) is 4. The molecule has 9 nitrogen and oxygen atoms in total. The molecule has 4 rings (SSSR count). The van der Waals surface area contributed by atoms with E-state index in [4.69, 9.17) is 4.74 Å². The van der Waals surface area contributed by atoms with E-state index >= 15 is 0 Å². The Morgan fingerprint density at radius 1 is 1.48 bits per heavy atom. The number of aliphatic imine (C=N–C) groups is 1. The van der Waals surface area contributed by atoms with E-state index in [0.717, 1.165) is 5.39 Å². The summed E-state index contributed by atoms with van der Waals surface area (Å²) in [4.78, 5) is 12.9. The van der Waals surface area contributed by atoms with Gasteiger partial charge in [0.05, 0.1) is 24.2 Å². The van der Waals surface area contributed by atoms with Gasteiger partial charge in [0.25, 0.3) is 0 Å². The third-order valence-corrected chi connectivity index (χ3v) is 4.37. The first kappa shape index (κ1) is 14.5. The normalized spacial score (nSPS) is 33.0. The van der Waals surface area contributed by atoms with Crippen molar-refractivity contribution in [3.05, 3.63) is 12.5 Å². The molecule has 2 aromatic rings. The van der Waals surface area contributed by atoms with Gasteiger partial charge in [0.1, 0.15) is 35.6 Å². The first-order chi connectivity index (χ1) is 11.0. The Balaban J connectivity index is 1.90. The maximum Gasteiger partial charge on any atom is 0.167 e. The van der Waals surface area contributed by atoms with Crippen molar-refractivity contribution in [2.45, 2.75) is 31.0 Å². The average Bonchev–Trinajstić information content (AvgIpc) is 2.90. The second-order valence-corrected chi connectivity index (χ2v) is 5.92. The van der Waals surface area contributed by atoms with Crippen LogP contribution in [0, 0.1) is 0 Å². The summed E-state index contributed by atoms with van der Waals surface area (Å²) in [5.74, 6) is 0.651. The van der Waals surface area contributed by atoms with Crippen LogP contribution in [0.2, 0.25) is 0 Å². The molecule has 4 atom stereocenters. The topological polar surface area (TPSA) is 125 Å². The second kappa shape index (κ2) is 4.96. The summed E-state index contributed by atoms with van der Waals surface area (Å²) in [5, 5.41) is 34.0. The van der Waals surface area contributed by atoms with Crippen LogP contribution in [-0.4, -0.2) is 67.0 Å². The Hall–Kier alpha value is -2.07. The van der Waals surface area contributed by atoms with Gasteiger partial charge < -0.3 is 29.9 Å². The number of anilines is 1. The van der Waals surface area contributed by atoms with Crippen molar-refractivity contribution in [1.29, 1.82) is 0 Å². The fourth-order valence-corrected chi connectivity index (χ4v) is 3.15. The fourth-order valence-electron chi connectivity index (χ4n) is 3.15. The molecule has 0 bridgehead atoms. The number of aliphatic hydroxyl groups is 3. The molecule has 1 fully saturated rings. The number of ether oxygens (including phenoxy) is 1. The molecule has 1 saturated heterocycles. The first-order valence-electron chi connectivity index (χ1n) is 7.32. The summed E-state index contributed by atoms with van der Waals surface area (Å²) < 4.78 is 7.29. The zero-order valence-corrected chi connectivity index (χ0v) is 12.4. The largest absolute Gasteiger partial charge is 0.394 e. The fraction of sp³-hybridized carbons (Fsp3) is 0.500. The van der Waals surface area contributed by atoms with Crippen LogP contribution in [0.3, 0.4) is 0 Å². The SMILES string of the molecule is C[C@]1(O)[C@H](O)[C@@H](CO)O[C@H]1n1cc2c3c(ncnc31)NCC=N2. The summed E-state index contributed by atoms with van der Waals surface area (Å²) >= 11 is 0. The predicted molar refractivity (Wildman–Crippen MR) is 81.8 cm³/mol. The minimum Gasteiger partial charge on any atom is -0.394 e. The van der Waals surface area contributed by atoms with Gasteiger partial charge in [-0.25, -0.2) is 9.97 Å². The molecule has 0 amide bonds. The van der Waals surface area contributed by atoms with Crippen molar-refractivity contribution >= 4 is 28.8 Å². The summed E-state index contributed by atoms with van der Waals surface area (Å²) in [7, 11) is 0. The number of aliphatic hydroxyl groups excluding tert-OH is 2. The van der Waals surface area contributed by atoms with Crippen molar-refractivity contribution in [3.8, 4) is 0 Å². The minimum atomic E-state index is -1.58. The summed E-state index contributed by atoms with van der Waals surface area (Å²) in [6, 6.07) is 0. The highest BCUT2D eigenvalue weighted by Crippen LogP contribution is 2.42. The Morgan fingerprint density at radius 3 is 3.04 bits per heavy atom. The van der Waals surface area contributed by atoms with Crippen LogP contribution in [0.25, 0.3) is 11.0 Å². The van der Waals surface area contributed by atoms with Gasteiger partial charge in [-0.2, -0.15) is 0 Å². The van der Waals surface area contributed by atoms with Crippen molar-refractivity contribution in [2.75, 3.05) is 18.5 Å². The molecular formula is C14H17N5O4. The van der Waals surface area contributed by atoms with Crippen LogP contribution in [0.5, 0.6) is 0 Å². The molecule has 2 aliphatic rings. The van der Waals surface area contributed by atoms with E-state index in [1.165, 1.54) is 13.3 Å². The highest BCUT2D eigenvalue weighted by Gasteiger charge is 2.53. The molecule has 0 unspecified atom stereocenters. The van der Waals surface area contributed by atoms with Gasteiger partial charge in [0, 0.05) is 12.4 Å². The lowest BCUT2D eigenvalue weighted by atomic mass is 9.96. The predicted octanol–water partition coefficient (Wildman–Crippen LogP) is -0.439. The number of hydrogen-bond acceptors (Lipinski definition) is 8. The minimum absolute atomic E-state index is 0.389. The highest BCUT2D eigenvalue weighted by molar-refractivity contribution is 6.00. The number of aromatic nitrogens is 3. The monoisotopic (exact) mass is 319 g/mol. The third kappa shape index (κ3) is 1.98. The quantitative estimate of drug-likeness (QED) is 0.591. The standard InChI is InChI=1S/C14H17N5O4/c1-14(22)10(21)8(5-20)23-13(14)19-4-7-9-11(16-3-2-15-7)17-6-18-12(9)19/h2,4,6,8,10,13,20-22H,3,5H2,1H3,(H,16,17,18)/t8-,10-,13-,14+/m1/s1. The van der Waals surface area contributed by atoms with Crippen LogP contribution in [0.15, 0.2) is 17.5 Å². The van der Waals surface area contributed by atoms with E-state index < -0.39 is 24.0 Å². The van der Waals surface area contributed by atoms with Gasteiger partial charge in [-0.3, -0.25) is 4.99 Å². The van der Waals surface area contributed by atoms with E-state index in [2.05, 4.69) is 20.3 Å². The lowest BCUT2D eigenvalue weighted by Crippen LogP contribution is -2.44. The van der Waals surface area contributed by atoms with E-state index in [1.54, 1.807) is 17.0 Å². The summed E-state index contributed by atoms with van der Waals surface area (Å²) in [6.07, 6.45) is 1.86. The number of rotatable bonds is 2. The zero-order chi connectivity index (χ0) is 16.2. The Kier molecular flexibility index (Phi) is 3.13. The Morgan fingerprint density at radius 2 is 2.30 bits per heavy atom. The maximum absolute atomic E-state index is 10.7. The molecule has 4 N–H and O–H groups in total. The molecule has 0 spiro atoms. The molecular weight excluding hydrogens is 302 g/mol. The van der Waals surface area contributed by atoms with Gasteiger partial charge in [-0.05, 0) is 6.92 Å². The molecule has 9 heteroatoms. The lowest BCUT2D eigenvalue weighted by Gasteiger charge is -2.27. The van der Waals surface area contributed by atoms with Crippen molar-refractivity contribution in [1.82, 2.24) is 14.5 Å². The van der Waals surface area contributed by atoms with Crippen LogP contribution < -0.4 is 5.32 Å². The molecule has 2 aromatic heterocycles. The van der Waals surface area contributed by atoms with Crippen molar-refractivity contribution < 1.29 is 20.1 Å². The van der Waals surface area contributed by atoms with Crippen molar-refractivity contribution in [2.24, 2.45) is 4.99 Å². The molecule has 2 aliphatic heterocycles. The first-order valence-corrected chi connectivity index (χ1v) is 7.32. The average molecular weight is 319 g/mol. The molecule has 0 saturated carbocycles. The lowest BCUT2D eigenvalue weighted by molar-refractivity contribution is -0.0947. The van der Waals surface area contributed by atoms with Gasteiger partial charge in [0.2, 0.25) is 0 Å². The van der Waals surface area contributed by atoms with E-state index in [0.29, 0.717) is 23.7 Å². The highest BCUT2D eigenvalue weighted by atomic mass is 16.6. The second-order valence-electron chi connectivity index (χ2n) is 5.92. The molecule has 122 valence electrons. The molecule has 0 aliphatic carbocycles. The Bertz CT molecular complexity index is 787. The Labute approximate surface area is 131 Å². The molecule has 0 radical (unpaired) electrons. The molecule has 0 aromatic carbocycles. The smallest absolute Gasteiger partial charge is 0.167 e. The van der Waals surface area contributed by atoms with Gasteiger partial charge in [-0.1, -0.05) is 0 Å². The van der Waals surface area contributed by atoms with Crippen LogP contribution in [0.4, 0.5) is 11.5 Å². The van der Waals surface area contributed by atoms with Gasteiger partial charge in [-0.15, -0.1) is 0 Å². The van der Waals surface area contributed by atoms with Crippen molar-refractivity contribution in [3.63, 3.8) is 0 Å². The summed E-state index contributed by atoms with van der Waals surface area (Å²) in [6.45, 7) is 1.64. The number of hydrogen-bond donors (Lipinski definition) is 4. The number of nitrogens with one attached hydrogen (secondary N) is 1. The van der Waals surface area contributed by atoms with Crippen LogP contribution in [-0.2, 0) is 4.74 Å². The van der Waals surface area contributed by atoms with Gasteiger partial charge in [0.15, 0.2) is 6.23 Å². The zero-order valence-electron chi connectivity index (χ0n) is 12.4. The molecule has 4 heterocycles. The maximum atomic E-state index is 10.7. The van der Waals surface area contributed by atoms with E-state index in [-0.39, 0.29) is 6.61 Å². The summed E-state index contributed by atoms with van der Waals surface area (Å²) in [5.41, 5.74) is -0.391. The molecule has 23 heavy (non-hydrogen) atoms. The third-order valence-electron chi connectivity index (χ3n) is 4.37. The van der Waals surface area contributed by atoms with E-state index in [9.17, 15) is 15.3 Å². The van der Waals surface area contributed by atoms with E-state index in [1.807, 2.05) is 0 Å².